The number of hydrazone groups is 1. The lowest BCUT2D eigenvalue weighted by atomic mass is 10.1. The fraction of sp³-hybridized carbons (Fsp3) is 0.263. The Morgan fingerprint density at radius 2 is 1.71 bits per heavy atom. The number of piperazine rings is 1. The average molecular weight is 321 g/mol. The molecule has 24 heavy (non-hydrogen) atoms. The Bertz CT molecular complexity index is 764. The van der Waals surface area contributed by atoms with E-state index >= 15 is 0 Å². The van der Waals surface area contributed by atoms with E-state index in [4.69, 9.17) is 0 Å². The lowest BCUT2D eigenvalue weighted by molar-refractivity contribution is -0.918. The van der Waals surface area contributed by atoms with E-state index in [-0.39, 0.29) is 5.91 Å². The SMILES string of the molecule is O=C1Nc2ccccc2/C1=N/N1CC[NH+](Cc2ccccc2)CC1. The van der Waals surface area contributed by atoms with Crippen molar-refractivity contribution in [1.29, 1.82) is 0 Å². The Balaban J connectivity index is 1.41. The maximum absolute atomic E-state index is 12.1. The number of carbonyl (C=O) groups is 1. The standard InChI is InChI=1S/C19H20N4O/c24-19-18(16-8-4-5-9-17(16)20-19)21-23-12-10-22(11-13-23)14-15-6-2-1-3-7-15/h1-9H,10-14H2,(H,20,21,24)/p+1. The molecule has 2 N–H and O–H groups in total. The van der Waals surface area contributed by atoms with Crippen LogP contribution in [0.2, 0.25) is 0 Å². The normalized spacial score (nSPS) is 19.4. The summed E-state index contributed by atoms with van der Waals surface area (Å²) in [5.74, 6) is -0.102. The van der Waals surface area contributed by atoms with Crippen LogP contribution in [0.25, 0.3) is 0 Å². The van der Waals surface area contributed by atoms with Gasteiger partial charge < -0.3 is 10.2 Å². The minimum absolute atomic E-state index is 0.102. The molecule has 122 valence electrons. The number of rotatable bonds is 3. The zero-order valence-electron chi connectivity index (χ0n) is 13.5. The van der Waals surface area contributed by atoms with Crippen molar-refractivity contribution in [2.45, 2.75) is 6.54 Å². The van der Waals surface area contributed by atoms with Gasteiger partial charge in [-0.1, -0.05) is 48.5 Å². The average Bonchev–Trinajstić information content (AvgIpc) is 2.93. The van der Waals surface area contributed by atoms with Gasteiger partial charge in [-0.15, -0.1) is 0 Å². The van der Waals surface area contributed by atoms with E-state index < -0.39 is 0 Å². The highest BCUT2D eigenvalue weighted by molar-refractivity contribution is 6.53. The number of benzene rings is 2. The molecule has 2 aromatic rings. The molecule has 0 atom stereocenters. The summed E-state index contributed by atoms with van der Waals surface area (Å²) in [6, 6.07) is 18.3. The van der Waals surface area contributed by atoms with Crippen LogP contribution in [0, 0.1) is 0 Å². The smallest absolute Gasteiger partial charge is 0.276 e. The number of carbonyl (C=O) groups excluding carboxylic acids is 1. The van der Waals surface area contributed by atoms with Crippen LogP contribution in [0.15, 0.2) is 59.7 Å². The molecule has 0 saturated carbocycles. The Morgan fingerprint density at radius 3 is 2.50 bits per heavy atom. The second kappa shape index (κ2) is 6.45. The van der Waals surface area contributed by atoms with E-state index in [1.54, 1.807) is 4.90 Å². The Morgan fingerprint density at radius 1 is 1.00 bits per heavy atom. The predicted octanol–water partition coefficient (Wildman–Crippen LogP) is 0.744. The number of para-hydroxylation sites is 1. The Hall–Kier alpha value is -2.66. The van der Waals surface area contributed by atoms with Crippen molar-refractivity contribution in [3.05, 3.63) is 65.7 Å². The van der Waals surface area contributed by atoms with Crippen molar-refractivity contribution in [3.8, 4) is 0 Å². The van der Waals surface area contributed by atoms with Gasteiger partial charge in [-0.05, 0) is 6.07 Å². The van der Waals surface area contributed by atoms with Crippen molar-refractivity contribution in [2.75, 3.05) is 31.5 Å². The molecule has 2 aliphatic rings. The van der Waals surface area contributed by atoms with Crippen LogP contribution >= 0.6 is 0 Å². The quantitative estimate of drug-likeness (QED) is 0.876. The van der Waals surface area contributed by atoms with Gasteiger partial charge in [-0.2, -0.15) is 5.10 Å². The molecular weight excluding hydrogens is 300 g/mol. The van der Waals surface area contributed by atoms with Gasteiger partial charge in [0.15, 0.2) is 5.71 Å². The highest BCUT2D eigenvalue weighted by atomic mass is 16.2. The number of hydrogen-bond acceptors (Lipinski definition) is 3. The molecule has 0 aliphatic carbocycles. The van der Waals surface area contributed by atoms with E-state index in [9.17, 15) is 4.79 Å². The van der Waals surface area contributed by atoms with Crippen molar-refractivity contribution in [2.24, 2.45) is 5.10 Å². The minimum atomic E-state index is -0.102. The zero-order valence-corrected chi connectivity index (χ0v) is 13.5. The maximum Gasteiger partial charge on any atom is 0.276 e. The van der Waals surface area contributed by atoms with E-state index in [1.165, 1.54) is 5.56 Å². The summed E-state index contributed by atoms with van der Waals surface area (Å²) in [6.45, 7) is 4.88. The van der Waals surface area contributed by atoms with Crippen molar-refractivity contribution in [3.63, 3.8) is 0 Å². The first kappa shape index (κ1) is 14.9. The van der Waals surface area contributed by atoms with E-state index in [2.05, 4.69) is 40.8 Å². The highest BCUT2D eigenvalue weighted by Crippen LogP contribution is 2.22. The lowest BCUT2D eigenvalue weighted by Crippen LogP contribution is -3.13. The molecule has 5 nitrogen and oxygen atoms in total. The van der Waals surface area contributed by atoms with Crippen molar-refractivity contribution in [1.82, 2.24) is 5.01 Å². The molecule has 5 heteroatoms. The van der Waals surface area contributed by atoms with Gasteiger partial charge in [0, 0.05) is 11.1 Å². The summed E-state index contributed by atoms with van der Waals surface area (Å²) in [4.78, 5) is 13.7. The molecule has 0 bridgehead atoms. The maximum atomic E-state index is 12.1. The van der Waals surface area contributed by atoms with Gasteiger partial charge in [0.25, 0.3) is 5.91 Å². The van der Waals surface area contributed by atoms with Crippen LogP contribution in [0.3, 0.4) is 0 Å². The third kappa shape index (κ3) is 3.03. The lowest BCUT2D eigenvalue weighted by Gasteiger charge is -2.30. The van der Waals surface area contributed by atoms with Crippen LogP contribution in [0.4, 0.5) is 5.69 Å². The second-order valence-electron chi connectivity index (χ2n) is 6.31. The van der Waals surface area contributed by atoms with Crippen LogP contribution in [-0.2, 0) is 11.3 Å². The number of nitrogens with one attached hydrogen (secondary N) is 2. The summed E-state index contributed by atoms with van der Waals surface area (Å²) in [6.07, 6.45) is 0. The van der Waals surface area contributed by atoms with Crippen LogP contribution < -0.4 is 10.2 Å². The van der Waals surface area contributed by atoms with E-state index in [0.29, 0.717) is 5.71 Å². The molecule has 1 amide bonds. The van der Waals surface area contributed by atoms with Crippen LogP contribution in [0.1, 0.15) is 11.1 Å². The number of nitrogens with zero attached hydrogens (tertiary/aromatic N) is 2. The molecule has 2 aromatic carbocycles. The zero-order chi connectivity index (χ0) is 16.4. The highest BCUT2D eigenvalue weighted by Gasteiger charge is 2.27. The first-order valence-corrected chi connectivity index (χ1v) is 8.41. The minimum Gasteiger partial charge on any atom is -0.328 e. The van der Waals surface area contributed by atoms with Gasteiger partial charge in [-0.3, -0.25) is 9.80 Å². The summed E-state index contributed by atoms with van der Waals surface area (Å²) >= 11 is 0. The van der Waals surface area contributed by atoms with E-state index in [0.717, 1.165) is 44.0 Å². The molecule has 0 unspecified atom stereocenters. The van der Waals surface area contributed by atoms with E-state index in [1.807, 2.05) is 29.3 Å². The molecule has 0 spiro atoms. The molecule has 1 fully saturated rings. The van der Waals surface area contributed by atoms with Gasteiger partial charge in [0.1, 0.15) is 6.54 Å². The first-order valence-electron chi connectivity index (χ1n) is 8.41. The third-order valence-electron chi connectivity index (χ3n) is 4.63. The molecule has 0 radical (unpaired) electrons. The topological polar surface area (TPSA) is 49.1 Å². The molecule has 1 saturated heterocycles. The van der Waals surface area contributed by atoms with Gasteiger partial charge in [0.05, 0.1) is 31.9 Å². The summed E-state index contributed by atoms with van der Waals surface area (Å²) in [5.41, 5.74) is 3.67. The van der Waals surface area contributed by atoms with Gasteiger partial charge >= 0.3 is 0 Å². The van der Waals surface area contributed by atoms with Crippen molar-refractivity contribution >= 4 is 17.3 Å². The molecule has 2 heterocycles. The number of quaternary nitrogens is 1. The number of anilines is 1. The van der Waals surface area contributed by atoms with Crippen LogP contribution in [-0.4, -0.2) is 42.8 Å². The van der Waals surface area contributed by atoms with Crippen molar-refractivity contribution < 1.29 is 9.69 Å². The number of fused-ring (bicyclic) bond motifs is 1. The van der Waals surface area contributed by atoms with Crippen LogP contribution in [0.5, 0.6) is 0 Å². The third-order valence-corrected chi connectivity index (χ3v) is 4.63. The molecule has 2 aliphatic heterocycles. The Kier molecular flexibility index (Phi) is 4.01. The monoisotopic (exact) mass is 321 g/mol. The molecule has 0 aromatic heterocycles. The fourth-order valence-electron chi connectivity index (χ4n) is 3.32. The second-order valence-corrected chi connectivity index (χ2v) is 6.31. The first-order chi connectivity index (χ1) is 11.8. The number of amides is 1. The summed E-state index contributed by atoms with van der Waals surface area (Å²) < 4.78 is 0. The van der Waals surface area contributed by atoms with Gasteiger partial charge in [0.2, 0.25) is 0 Å². The fourth-order valence-corrected chi connectivity index (χ4v) is 3.32. The summed E-state index contributed by atoms with van der Waals surface area (Å²) in [7, 11) is 0. The molecule has 4 rings (SSSR count). The van der Waals surface area contributed by atoms with Gasteiger partial charge in [-0.25, -0.2) is 0 Å². The Labute approximate surface area is 141 Å². The molecular formula is C19H21N4O+. The summed E-state index contributed by atoms with van der Waals surface area (Å²) in [5, 5.41) is 9.53. The largest absolute Gasteiger partial charge is 0.328 e. The number of hydrogen-bond donors (Lipinski definition) is 2. The predicted molar refractivity (Wildman–Crippen MR) is 94.0 cm³/mol.